The third kappa shape index (κ3) is 21.5. The zero-order valence-corrected chi connectivity index (χ0v) is 14.5. The molecule has 1 amide bonds. The van der Waals surface area contributed by atoms with E-state index in [1.54, 1.807) is 0 Å². The Labute approximate surface area is 134 Å². The summed E-state index contributed by atoms with van der Waals surface area (Å²) in [5, 5.41) is 5.54. The first-order valence-corrected chi connectivity index (χ1v) is 7.99. The molecule has 6 nitrogen and oxygen atoms in total. The van der Waals surface area contributed by atoms with Gasteiger partial charge < -0.3 is 24.8 Å². The quantitative estimate of drug-likeness (QED) is 0.469. The van der Waals surface area contributed by atoms with Gasteiger partial charge in [0.1, 0.15) is 6.17 Å². The molecule has 0 saturated carbocycles. The van der Waals surface area contributed by atoms with Crippen molar-refractivity contribution in [1.82, 2.24) is 10.6 Å². The van der Waals surface area contributed by atoms with Gasteiger partial charge in [0, 0.05) is 13.5 Å². The third-order valence-corrected chi connectivity index (χ3v) is 2.29. The van der Waals surface area contributed by atoms with Crippen LogP contribution in [-0.2, 0) is 19.0 Å². The van der Waals surface area contributed by atoms with Crippen LogP contribution in [0.4, 0.5) is 4.39 Å². The first kappa shape index (κ1) is 23.5. The minimum atomic E-state index is -1.19. The monoisotopic (exact) mass is 324 g/mol. The molecule has 0 rings (SSSR count). The summed E-state index contributed by atoms with van der Waals surface area (Å²) in [6.45, 7) is 11.6. The maximum absolute atomic E-state index is 13.1. The van der Waals surface area contributed by atoms with Crippen LogP contribution in [0.25, 0.3) is 0 Å². The third-order valence-electron chi connectivity index (χ3n) is 2.29. The Morgan fingerprint density at radius 2 is 1.59 bits per heavy atom. The minimum absolute atomic E-state index is 0.0180. The second-order valence-corrected chi connectivity index (χ2v) is 4.19. The lowest BCUT2D eigenvalue weighted by atomic mass is 10.4. The molecule has 0 aliphatic heterocycles. The lowest BCUT2D eigenvalue weighted by Crippen LogP contribution is -2.30. The molecule has 0 aromatic rings. The van der Waals surface area contributed by atoms with Crippen molar-refractivity contribution in [2.75, 3.05) is 59.3 Å². The molecule has 0 bridgehead atoms. The van der Waals surface area contributed by atoms with Crippen molar-refractivity contribution in [3.05, 3.63) is 0 Å². The van der Waals surface area contributed by atoms with E-state index in [9.17, 15) is 9.18 Å². The van der Waals surface area contributed by atoms with Gasteiger partial charge in [0.2, 0.25) is 5.91 Å². The van der Waals surface area contributed by atoms with Crippen LogP contribution in [0, 0.1) is 0 Å². The molecule has 1 atom stereocenters. The highest BCUT2D eigenvalue weighted by atomic mass is 19.1. The summed E-state index contributed by atoms with van der Waals surface area (Å²) in [6.07, 6.45) is -1.19. The van der Waals surface area contributed by atoms with Crippen LogP contribution in [0.5, 0.6) is 0 Å². The van der Waals surface area contributed by atoms with Gasteiger partial charge in [-0.05, 0) is 6.54 Å². The molecular formula is C15H33FN2O4. The van der Waals surface area contributed by atoms with Crippen molar-refractivity contribution in [1.29, 1.82) is 0 Å². The van der Waals surface area contributed by atoms with Gasteiger partial charge in [-0.2, -0.15) is 0 Å². The smallest absolute Gasteiger partial charge is 0.216 e. The number of rotatable bonds is 14. The number of hydrogen-bond acceptors (Lipinski definition) is 5. The van der Waals surface area contributed by atoms with E-state index in [4.69, 9.17) is 14.2 Å². The van der Waals surface area contributed by atoms with Gasteiger partial charge in [0.05, 0.1) is 46.2 Å². The Kier molecular flexibility index (Phi) is 21.6. The summed E-state index contributed by atoms with van der Waals surface area (Å²) in [5.41, 5.74) is 0. The zero-order valence-electron chi connectivity index (χ0n) is 14.5. The van der Waals surface area contributed by atoms with E-state index in [0.29, 0.717) is 33.0 Å². The molecule has 7 heteroatoms. The molecular weight excluding hydrogens is 291 g/mol. The van der Waals surface area contributed by atoms with Crippen LogP contribution < -0.4 is 10.6 Å². The molecule has 134 valence electrons. The van der Waals surface area contributed by atoms with Crippen molar-refractivity contribution in [3.8, 4) is 0 Å². The largest absolute Gasteiger partial charge is 0.378 e. The van der Waals surface area contributed by atoms with Crippen molar-refractivity contribution in [3.63, 3.8) is 0 Å². The number of likely N-dealkylation sites (N-methyl/N-ethyl adjacent to an activating group) is 1. The van der Waals surface area contributed by atoms with E-state index in [2.05, 4.69) is 10.6 Å². The van der Waals surface area contributed by atoms with Gasteiger partial charge in [-0.1, -0.05) is 20.8 Å². The summed E-state index contributed by atoms with van der Waals surface area (Å²) >= 11 is 0. The number of hydrogen-bond donors (Lipinski definition) is 2. The first-order valence-electron chi connectivity index (χ1n) is 7.99. The number of halogens is 1. The molecule has 0 aromatic carbocycles. The molecule has 0 heterocycles. The van der Waals surface area contributed by atoms with E-state index in [-0.39, 0.29) is 19.1 Å². The SMILES string of the molecule is CC.CCNCCOCCOCCOCC(F)CNC(C)=O. The molecule has 0 radical (unpaired) electrons. The summed E-state index contributed by atoms with van der Waals surface area (Å²) in [7, 11) is 0. The van der Waals surface area contributed by atoms with Crippen molar-refractivity contribution in [2.24, 2.45) is 0 Å². The van der Waals surface area contributed by atoms with Gasteiger partial charge >= 0.3 is 0 Å². The number of alkyl halides is 1. The number of amides is 1. The highest BCUT2D eigenvalue weighted by Crippen LogP contribution is 1.91. The normalized spacial score (nSPS) is 11.5. The summed E-state index contributed by atoms with van der Waals surface area (Å²) in [6, 6.07) is 0. The van der Waals surface area contributed by atoms with Gasteiger partial charge in [-0.25, -0.2) is 4.39 Å². The summed E-state index contributed by atoms with van der Waals surface area (Å²) < 4.78 is 28.8. The predicted molar refractivity (Wildman–Crippen MR) is 85.9 cm³/mol. The molecule has 0 aromatic heterocycles. The van der Waals surface area contributed by atoms with Crippen LogP contribution >= 0.6 is 0 Å². The molecule has 0 aliphatic carbocycles. The Bertz CT molecular complexity index is 234. The number of nitrogens with one attached hydrogen (secondary N) is 2. The van der Waals surface area contributed by atoms with Crippen LogP contribution in [0.1, 0.15) is 27.7 Å². The highest BCUT2D eigenvalue weighted by Gasteiger charge is 2.06. The standard InChI is InChI=1S/C13H27FN2O4.C2H6/c1-3-15-4-5-18-6-7-19-8-9-20-11-13(14)10-16-12(2)17;1-2/h13,15H,3-11H2,1-2H3,(H,16,17);1-2H3. The lowest BCUT2D eigenvalue weighted by Gasteiger charge is -2.10. The molecule has 0 spiro atoms. The number of ether oxygens (including phenoxy) is 3. The average Bonchev–Trinajstić information content (AvgIpc) is 2.52. The Morgan fingerprint density at radius 1 is 1.05 bits per heavy atom. The van der Waals surface area contributed by atoms with Gasteiger partial charge in [0.15, 0.2) is 0 Å². The zero-order chi connectivity index (χ0) is 17.1. The Morgan fingerprint density at radius 3 is 2.14 bits per heavy atom. The van der Waals surface area contributed by atoms with Crippen LogP contribution in [-0.4, -0.2) is 71.4 Å². The predicted octanol–water partition coefficient (Wildman–Crippen LogP) is 1.15. The van der Waals surface area contributed by atoms with Gasteiger partial charge in [-0.15, -0.1) is 0 Å². The van der Waals surface area contributed by atoms with Crippen molar-refractivity contribution < 1.29 is 23.4 Å². The second kappa shape index (κ2) is 20.2. The molecule has 22 heavy (non-hydrogen) atoms. The van der Waals surface area contributed by atoms with Crippen LogP contribution in [0.15, 0.2) is 0 Å². The molecule has 0 saturated heterocycles. The fourth-order valence-electron chi connectivity index (χ4n) is 1.29. The van der Waals surface area contributed by atoms with E-state index in [1.165, 1.54) is 6.92 Å². The Hall–Kier alpha value is -0.760. The fourth-order valence-corrected chi connectivity index (χ4v) is 1.29. The van der Waals surface area contributed by atoms with Crippen LogP contribution in [0.3, 0.4) is 0 Å². The second-order valence-electron chi connectivity index (χ2n) is 4.19. The topological polar surface area (TPSA) is 68.8 Å². The molecule has 2 N–H and O–H groups in total. The average molecular weight is 324 g/mol. The van der Waals surface area contributed by atoms with Crippen molar-refractivity contribution in [2.45, 2.75) is 33.9 Å². The molecule has 1 unspecified atom stereocenters. The highest BCUT2D eigenvalue weighted by molar-refractivity contribution is 5.72. The fraction of sp³-hybridized carbons (Fsp3) is 0.933. The van der Waals surface area contributed by atoms with Gasteiger partial charge in [0.25, 0.3) is 0 Å². The summed E-state index contributed by atoms with van der Waals surface area (Å²) in [5.74, 6) is -0.245. The molecule has 0 aliphatic rings. The maximum Gasteiger partial charge on any atom is 0.216 e. The maximum atomic E-state index is 13.1. The number of carbonyl (C=O) groups is 1. The van der Waals surface area contributed by atoms with E-state index >= 15 is 0 Å². The lowest BCUT2D eigenvalue weighted by molar-refractivity contribution is -0.119. The Balaban J connectivity index is 0. The number of carbonyl (C=O) groups excluding carboxylic acids is 1. The van der Waals surface area contributed by atoms with E-state index < -0.39 is 6.17 Å². The first-order chi connectivity index (χ1) is 10.7. The molecule has 0 fully saturated rings. The van der Waals surface area contributed by atoms with Crippen LogP contribution in [0.2, 0.25) is 0 Å². The van der Waals surface area contributed by atoms with Gasteiger partial charge in [-0.3, -0.25) is 4.79 Å². The van der Waals surface area contributed by atoms with E-state index in [0.717, 1.165) is 13.1 Å². The van der Waals surface area contributed by atoms with Crippen molar-refractivity contribution >= 4 is 5.91 Å². The minimum Gasteiger partial charge on any atom is -0.378 e. The summed E-state index contributed by atoms with van der Waals surface area (Å²) in [4.78, 5) is 10.6. The van der Waals surface area contributed by atoms with E-state index in [1.807, 2.05) is 20.8 Å².